The Balaban J connectivity index is 1.25. The molecule has 146 valence electrons. The minimum Gasteiger partial charge on any atom is -0.494 e. The van der Waals surface area contributed by atoms with E-state index in [2.05, 4.69) is 5.16 Å². The summed E-state index contributed by atoms with van der Waals surface area (Å²) in [7, 11) is 0. The summed E-state index contributed by atoms with van der Waals surface area (Å²) >= 11 is 0. The second kappa shape index (κ2) is 10.9. The molecule has 2 heterocycles. The maximum Gasteiger partial charge on any atom is 0.184 e. The van der Waals surface area contributed by atoms with Gasteiger partial charge in [-0.25, -0.2) is 0 Å². The van der Waals surface area contributed by atoms with Crippen LogP contribution in [0.3, 0.4) is 0 Å². The van der Waals surface area contributed by atoms with Gasteiger partial charge in [-0.05, 0) is 43.7 Å². The van der Waals surface area contributed by atoms with Crippen LogP contribution >= 0.6 is 0 Å². The molecule has 1 unspecified atom stereocenters. The van der Waals surface area contributed by atoms with E-state index in [1.807, 2.05) is 36.4 Å². The molecule has 2 aromatic rings. The fraction of sp³-hybridized carbons (Fsp3) is 0.545. The average Bonchev–Trinajstić information content (AvgIpc) is 3.38. The second-order valence-electron chi connectivity index (χ2n) is 7.20. The third-order valence-electron chi connectivity index (χ3n) is 4.98. The fourth-order valence-electron chi connectivity index (χ4n) is 3.30. The topological polar surface area (TPSA) is 61.6 Å². The van der Waals surface area contributed by atoms with Gasteiger partial charge >= 0.3 is 0 Å². The Labute approximate surface area is 161 Å². The number of benzene rings is 1. The van der Waals surface area contributed by atoms with E-state index in [1.165, 1.54) is 0 Å². The van der Waals surface area contributed by atoms with Crippen LogP contribution in [-0.2, 0) is 11.2 Å². The number of nitrogens with zero attached hydrogens (tertiary/aromatic N) is 1. The number of aromatic nitrogens is 1. The van der Waals surface area contributed by atoms with Crippen molar-refractivity contribution >= 4 is 5.78 Å². The van der Waals surface area contributed by atoms with Gasteiger partial charge in [0, 0.05) is 32.1 Å². The Bertz CT molecular complexity index is 677. The van der Waals surface area contributed by atoms with Crippen molar-refractivity contribution in [1.29, 1.82) is 0 Å². The molecule has 1 aromatic heterocycles. The van der Waals surface area contributed by atoms with Crippen LogP contribution in [0.2, 0.25) is 0 Å². The predicted molar refractivity (Wildman–Crippen MR) is 103 cm³/mol. The van der Waals surface area contributed by atoms with Crippen LogP contribution in [0, 0.1) is 5.92 Å². The van der Waals surface area contributed by atoms with Crippen LogP contribution in [0.25, 0.3) is 0 Å². The summed E-state index contributed by atoms with van der Waals surface area (Å²) in [5.74, 6) is 2.33. The molecule has 1 atom stereocenters. The van der Waals surface area contributed by atoms with Gasteiger partial charge in [-0.15, -0.1) is 0 Å². The summed E-state index contributed by atoms with van der Waals surface area (Å²) in [5.41, 5.74) is 0.472. The molecule has 1 aliphatic rings. The summed E-state index contributed by atoms with van der Waals surface area (Å²) in [6, 6.07) is 11.7. The van der Waals surface area contributed by atoms with Crippen LogP contribution in [-0.4, -0.2) is 30.8 Å². The first-order valence-corrected chi connectivity index (χ1v) is 10.1. The molecule has 0 radical (unpaired) electrons. The number of rotatable bonds is 12. The largest absolute Gasteiger partial charge is 0.494 e. The summed E-state index contributed by atoms with van der Waals surface area (Å²) in [5, 5.41) is 3.95. The van der Waals surface area contributed by atoms with Crippen LogP contribution in [0.1, 0.15) is 61.2 Å². The van der Waals surface area contributed by atoms with E-state index in [-0.39, 0.29) is 5.78 Å². The van der Waals surface area contributed by atoms with Crippen molar-refractivity contribution in [2.45, 2.75) is 51.4 Å². The van der Waals surface area contributed by atoms with Gasteiger partial charge < -0.3 is 14.0 Å². The van der Waals surface area contributed by atoms with Gasteiger partial charge in [-0.2, -0.15) is 0 Å². The third kappa shape index (κ3) is 6.83. The number of ketones is 1. The average molecular weight is 371 g/mol. The van der Waals surface area contributed by atoms with Crippen molar-refractivity contribution in [3.63, 3.8) is 0 Å². The van der Waals surface area contributed by atoms with Crippen LogP contribution in [0.4, 0.5) is 0 Å². The highest BCUT2D eigenvalue weighted by atomic mass is 16.5. The standard InChI is InChI=1S/C22H29NO4/c24-22(12-11-18-13-15-25-17-18)21-16-20(27-23-21)10-4-1-2-7-14-26-19-8-5-3-6-9-19/h3,5-6,8-9,16,18H,1-2,4,7,10-15,17H2. The number of carbonyl (C=O) groups is 1. The SMILES string of the molecule is O=C(CCC1CCOC1)c1cc(CCCCCCOc2ccccc2)on1. The number of unbranched alkanes of at least 4 members (excludes halogenated alkanes) is 3. The Morgan fingerprint density at radius 2 is 2.00 bits per heavy atom. The van der Waals surface area contributed by atoms with Gasteiger partial charge in [0.2, 0.25) is 0 Å². The molecule has 27 heavy (non-hydrogen) atoms. The van der Waals surface area contributed by atoms with Gasteiger partial charge in [0.1, 0.15) is 17.2 Å². The Morgan fingerprint density at radius 1 is 1.15 bits per heavy atom. The number of Topliss-reactive ketones (excluding diaryl/α,β-unsaturated/α-hetero) is 1. The number of hydrogen-bond acceptors (Lipinski definition) is 5. The first kappa shape index (κ1) is 19.6. The molecule has 0 spiro atoms. The van der Waals surface area contributed by atoms with E-state index >= 15 is 0 Å². The lowest BCUT2D eigenvalue weighted by Gasteiger charge is -2.05. The number of ether oxygens (including phenoxy) is 2. The van der Waals surface area contributed by atoms with Crippen LogP contribution < -0.4 is 4.74 Å². The van der Waals surface area contributed by atoms with E-state index in [0.717, 1.165) is 76.3 Å². The normalized spacial score (nSPS) is 16.5. The molecule has 0 amide bonds. The zero-order chi connectivity index (χ0) is 18.7. The minimum absolute atomic E-state index is 0.0787. The van der Waals surface area contributed by atoms with Crippen molar-refractivity contribution in [3.8, 4) is 5.75 Å². The maximum atomic E-state index is 12.2. The van der Waals surface area contributed by atoms with Crippen molar-refractivity contribution in [2.75, 3.05) is 19.8 Å². The van der Waals surface area contributed by atoms with Crippen molar-refractivity contribution in [1.82, 2.24) is 5.16 Å². The van der Waals surface area contributed by atoms with E-state index in [9.17, 15) is 4.79 Å². The molecule has 1 saturated heterocycles. The molecule has 1 fully saturated rings. The predicted octanol–water partition coefficient (Wildman–Crippen LogP) is 4.86. The lowest BCUT2D eigenvalue weighted by Crippen LogP contribution is -2.05. The highest BCUT2D eigenvalue weighted by Crippen LogP contribution is 2.20. The smallest absolute Gasteiger partial charge is 0.184 e. The fourth-order valence-corrected chi connectivity index (χ4v) is 3.30. The quantitative estimate of drug-likeness (QED) is 0.394. The van der Waals surface area contributed by atoms with E-state index < -0.39 is 0 Å². The highest BCUT2D eigenvalue weighted by Gasteiger charge is 2.19. The van der Waals surface area contributed by atoms with Gasteiger partial charge in [0.15, 0.2) is 5.78 Å². The van der Waals surface area contributed by atoms with Crippen molar-refractivity contribution < 1.29 is 18.8 Å². The van der Waals surface area contributed by atoms with Crippen molar-refractivity contribution in [3.05, 3.63) is 47.9 Å². The van der Waals surface area contributed by atoms with Gasteiger partial charge in [-0.3, -0.25) is 4.79 Å². The van der Waals surface area contributed by atoms with Gasteiger partial charge in [-0.1, -0.05) is 36.2 Å². The number of carbonyl (C=O) groups excluding carboxylic acids is 1. The molecule has 0 aliphatic carbocycles. The molecule has 1 aliphatic heterocycles. The molecule has 3 rings (SSSR count). The molecule has 0 N–H and O–H groups in total. The molecular weight excluding hydrogens is 342 g/mol. The van der Waals surface area contributed by atoms with Crippen molar-refractivity contribution in [2.24, 2.45) is 5.92 Å². The van der Waals surface area contributed by atoms with E-state index in [4.69, 9.17) is 14.0 Å². The summed E-state index contributed by atoms with van der Waals surface area (Å²) in [6.45, 7) is 2.36. The van der Waals surface area contributed by atoms with Gasteiger partial charge in [0.25, 0.3) is 0 Å². The monoisotopic (exact) mass is 371 g/mol. The second-order valence-corrected chi connectivity index (χ2v) is 7.20. The first-order chi connectivity index (χ1) is 13.3. The summed E-state index contributed by atoms with van der Waals surface area (Å²) in [4.78, 5) is 12.2. The van der Waals surface area contributed by atoms with E-state index in [1.54, 1.807) is 0 Å². The lowest BCUT2D eigenvalue weighted by atomic mass is 10.00. The first-order valence-electron chi connectivity index (χ1n) is 10.1. The molecular formula is C22H29NO4. The van der Waals surface area contributed by atoms with Crippen LogP contribution in [0.5, 0.6) is 5.75 Å². The molecule has 5 nitrogen and oxygen atoms in total. The number of para-hydroxylation sites is 1. The maximum absolute atomic E-state index is 12.2. The zero-order valence-electron chi connectivity index (χ0n) is 15.9. The number of hydrogen-bond donors (Lipinski definition) is 0. The van der Waals surface area contributed by atoms with Gasteiger partial charge in [0.05, 0.1) is 6.61 Å². The molecule has 5 heteroatoms. The van der Waals surface area contributed by atoms with E-state index in [0.29, 0.717) is 18.0 Å². The zero-order valence-corrected chi connectivity index (χ0v) is 15.9. The Morgan fingerprint density at radius 3 is 2.81 bits per heavy atom. The molecule has 0 saturated carbocycles. The van der Waals surface area contributed by atoms with Crippen LogP contribution in [0.15, 0.2) is 40.9 Å². The number of aryl methyl sites for hydroxylation is 1. The summed E-state index contributed by atoms with van der Waals surface area (Å²) in [6.07, 6.45) is 7.62. The molecule has 1 aromatic carbocycles. The third-order valence-corrected chi connectivity index (χ3v) is 4.98. The Kier molecular flexibility index (Phi) is 7.90. The lowest BCUT2D eigenvalue weighted by molar-refractivity contribution is 0.0962. The molecule has 0 bridgehead atoms. The minimum atomic E-state index is 0.0787. The highest BCUT2D eigenvalue weighted by molar-refractivity contribution is 5.94. The summed E-state index contributed by atoms with van der Waals surface area (Å²) < 4.78 is 16.4. The Hall–Kier alpha value is -2.14.